The molecule has 2 aromatic heterocycles. The Hall–Kier alpha value is -1.03. The third-order valence-electron chi connectivity index (χ3n) is 4.58. The van der Waals surface area contributed by atoms with Crippen molar-refractivity contribution in [1.82, 2.24) is 24.8 Å². The first-order valence-electron chi connectivity index (χ1n) is 9.84. The number of hydrogen-bond acceptors (Lipinski definition) is 6. The minimum absolute atomic E-state index is 0.411. The number of hydrogen-bond donors (Lipinski definition) is 2. The summed E-state index contributed by atoms with van der Waals surface area (Å²) in [5.41, 5.74) is 7.51. The third kappa shape index (κ3) is 5.77. The zero-order valence-corrected chi connectivity index (χ0v) is 22.1. The van der Waals surface area contributed by atoms with Crippen LogP contribution in [0.4, 0.5) is 5.82 Å². The molecule has 3 aromatic rings. The molecule has 0 aliphatic rings. The van der Waals surface area contributed by atoms with Crippen molar-refractivity contribution < 1.29 is 0 Å². The summed E-state index contributed by atoms with van der Waals surface area (Å²) in [7, 11) is 0. The number of nitrogens with two attached hydrogens (primary N) is 1. The van der Waals surface area contributed by atoms with Gasteiger partial charge < -0.3 is 0 Å². The molecule has 2 heterocycles. The van der Waals surface area contributed by atoms with Gasteiger partial charge in [0.25, 0.3) is 0 Å². The predicted octanol–water partition coefficient (Wildman–Crippen LogP) is 4.15. The summed E-state index contributed by atoms with van der Waals surface area (Å²) in [5.74, 6) is 0.411. The van der Waals surface area contributed by atoms with Gasteiger partial charge in [-0.05, 0) is 0 Å². The van der Waals surface area contributed by atoms with E-state index in [-0.39, 0.29) is 0 Å². The number of halogens is 1. The van der Waals surface area contributed by atoms with Gasteiger partial charge in [0.2, 0.25) is 0 Å². The molecule has 3 N–H and O–H groups in total. The van der Waals surface area contributed by atoms with Crippen molar-refractivity contribution in [2.75, 3.05) is 12.3 Å². The first-order chi connectivity index (χ1) is 13.6. The van der Waals surface area contributed by atoms with E-state index in [9.17, 15) is 0 Å². The summed E-state index contributed by atoms with van der Waals surface area (Å²) < 4.78 is 3.54. The van der Waals surface area contributed by atoms with Crippen molar-refractivity contribution in [3.8, 4) is 0 Å². The monoisotopic (exact) mass is 540 g/mol. The van der Waals surface area contributed by atoms with Crippen LogP contribution >= 0.6 is 23.4 Å². The zero-order chi connectivity index (χ0) is 21.2. The maximum absolute atomic E-state index is 6.44. The Kier molecular flexibility index (Phi) is 7.35. The van der Waals surface area contributed by atoms with Gasteiger partial charge in [0.05, 0.1) is 0 Å². The van der Waals surface area contributed by atoms with Crippen LogP contribution in [0.15, 0.2) is 34.6 Å². The Morgan fingerprint density at radius 3 is 2.66 bits per heavy atom. The molecule has 9 heteroatoms. The number of aromatic nitrogens is 4. The molecule has 0 aliphatic heterocycles. The quantitative estimate of drug-likeness (QED) is 0.331. The number of rotatable bonds is 8. The van der Waals surface area contributed by atoms with Gasteiger partial charge in [-0.3, -0.25) is 0 Å². The number of imidazole rings is 1. The SMILES string of the molecule is CC(C)NCCCn1c(Sc2cc(Cl)c[c]([Sn]([CH3])([CH3])[CH3])c2)nc2c(N)ncnc21. The zero-order valence-electron chi connectivity index (χ0n) is 17.7. The molecule has 0 saturated carbocycles. The van der Waals surface area contributed by atoms with E-state index < -0.39 is 18.4 Å². The molecule has 1 aromatic carbocycles. The number of anilines is 1. The van der Waals surface area contributed by atoms with Crippen LogP contribution < -0.4 is 14.6 Å². The fourth-order valence-electron chi connectivity index (χ4n) is 3.00. The molecule has 156 valence electrons. The summed E-state index contributed by atoms with van der Waals surface area (Å²) in [4.78, 5) is 21.6. The summed E-state index contributed by atoms with van der Waals surface area (Å²) in [6.45, 7) is 6.04. The van der Waals surface area contributed by atoms with E-state index in [0.717, 1.165) is 40.2 Å². The standard InChI is InChI=1S/C17H20ClN6S.3CH3.Sn/c1-11(2)20-7-4-8-24-16-14(15(19)21-10-22-16)23-17(24)25-13-6-3-5-12(18)9-13;;;;/h5-6,9-11,20H,4,7-8H2,1-2H3,(H2,19,21,22);3*1H3;. The third-order valence-corrected chi connectivity index (χ3v) is 11.5. The Bertz CT molecular complexity index is 999. The first-order valence-corrected chi connectivity index (χ1v) is 21.0. The predicted molar refractivity (Wildman–Crippen MR) is 126 cm³/mol. The van der Waals surface area contributed by atoms with Gasteiger partial charge in [-0.15, -0.1) is 0 Å². The summed E-state index contributed by atoms with van der Waals surface area (Å²) in [5, 5.41) is 5.11. The molecule has 0 amide bonds. The molecule has 0 saturated heterocycles. The van der Waals surface area contributed by atoms with E-state index >= 15 is 0 Å². The van der Waals surface area contributed by atoms with Gasteiger partial charge in [0.15, 0.2) is 0 Å². The van der Waals surface area contributed by atoms with Gasteiger partial charge in [0.1, 0.15) is 0 Å². The van der Waals surface area contributed by atoms with Crippen molar-refractivity contribution >= 4 is 62.3 Å². The molecule has 0 spiro atoms. The molecule has 6 nitrogen and oxygen atoms in total. The fourth-order valence-corrected chi connectivity index (χ4v) is 8.23. The van der Waals surface area contributed by atoms with Crippen molar-refractivity contribution in [3.05, 3.63) is 29.5 Å². The molecule has 0 unspecified atom stereocenters. The van der Waals surface area contributed by atoms with Crippen LogP contribution in [0.3, 0.4) is 0 Å². The Balaban J connectivity index is 1.95. The number of benzene rings is 1. The molecule has 3 rings (SSSR count). The van der Waals surface area contributed by atoms with Gasteiger partial charge in [-0.1, -0.05) is 0 Å². The summed E-state index contributed by atoms with van der Waals surface area (Å²) in [6, 6.07) is 6.86. The molecule has 0 atom stereocenters. The number of fused-ring (bicyclic) bond motifs is 1. The molecule has 29 heavy (non-hydrogen) atoms. The Morgan fingerprint density at radius 2 is 1.97 bits per heavy atom. The second-order valence-corrected chi connectivity index (χ2v) is 24.4. The first kappa shape index (κ1) is 22.6. The molecule has 0 bridgehead atoms. The normalized spacial score (nSPS) is 12.2. The molecular weight excluding hydrogens is 510 g/mol. The van der Waals surface area contributed by atoms with Gasteiger partial charge in [-0.25, -0.2) is 0 Å². The number of nitrogen functional groups attached to an aromatic ring is 1. The fraction of sp³-hybridized carbons (Fsp3) is 0.450. The van der Waals surface area contributed by atoms with Crippen molar-refractivity contribution in [3.63, 3.8) is 0 Å². The van der Waals surface area contributed by atoms with E-state index in [1.807, 2.05) is 6.07 Å². The summed E-state index contributed by atoms with van der Waals surface area (Å²) >= 11 is 5.81. The molecule has 0 fully saturated rings. The Labute approximate surface area is 185 Å². The van der Waals surface area contributed by atoms with E-state index in [0.29, 0.717) is 17.4 Å². The van der Waals surface area contributed by atoms with Crippen LogP contribution in [0.5, 0.6) is 0 Å². The summed E-state index contributed by atoms with van der Waals surface area (Å²) in [6.07, 6.45) is 2.47. The van der Waals surface area contributed by atoms with Crippen LogP contribution in [-0.4, -0.2) is 50.5 Å². The average molecular weight is 540 g/mol. The maximum atomic E-state index is 6.44. The van der Waals surface area contributed by atoms with Crippen LogP contribution in [0.1, 0.15) is 20.3 Å². The second-order valence-electron chi connectivity index (χ2n) is 8.47. The number of aryl methyl sites for hydroxylation is 1. The van der Waals surface area contributed by atoms with Gasteiger partial charge in [-0.2, -0.15) is 0 Å². The molecule has 0 radical (unpaired) electrons. The van der Waals surface area contributed by atoms with Crippen LogP contribution in [0.2, 0.25) is 19.8 Å². The van der Waals surface area contributed by atoms with Crippen molar-refractivity contribution in [2.45, 2.75) is 57.7 Å². The number of nitrogens with one attached hydrogen (secondary N) is 1. The van der Waals surface area contributed by atoms with E-state index in [4.69, 9.17) is 22.3 Å². The van der Waals surface area contributed by atoms with Crippen LogP contribution in [0.25, 0.3) is 11.2 Å². The van der Waals surface area contributed by atoms with Crippen LogP contribution in [0, 0.1) is 0 Å². The van der Waals surface area contributed by atoms with Gasteiger partial charge >= 0.3 is 187 Å². The van der Waals surface area contributed by atoms with E-state index in [1.165, 1.54) is 9.91 Å². The van der Waals surface area contributed by atoms with E-state index in [1.54, 1.807) is 11.8 Å². The average Bonchev–Trinajstić information content (AvgIpc) is 2.96. The second kappa shape index (κ2) is 9.41. The Morgan fingerprint density at radius 1 is 1.21 bits per heavy atom. The van der Waals surface area contributed by atoms with Crippen LogP contribution in [-0.2, 0) is 6.54 Å². The molecular formula is C20H29ClN6SSn. The number of nitrogens with zero attached hydrogens (tertiary/aromatic N) is 4. The van der Waals surface area contributed by atoms with Crippen molar-refractivity contribution in [2.24, 2.45) is 0 Å². The van der Waals surface area contributed by atoms with Crippen molar-refractivity contribution in [1.29, 1.82) is 0 Å². The topological polar surface area (TPSA) is 81.7 Å². The minimum atomic E-state index is -2.24. The van der Waals surface area contributed by atoms with E-state index in [2.05, 4.69) is 60.7 Å². The van der Waals surface area contributed by atoms with Gasteiger partial charge in [0, 0.05) is 0 Å². The molecule has 0 aliphatic carbocycles.